The molecule has 0 aliphatic heterocycles. The molecular formula is C14H14BrClFN3O. The first-order valence-electron chi connectivity index (χ1n) is 6.44. The third-order valence-corrected chi connectivity index (χ3v) is 3.52. The highest BCUT2D eigenvalue weighted by molar-refractivity contribution is 9.10. The van der Waals surface area contributed by atoms with Gasteiger partial charge in [0.25, 0.3) is 0 Å². The molecule has 0 spiro atoms. The second-order valence-electron chi connectivity index (χ2n) is 4.35. The predicted molar refractivity (Wildman–Crippen MR) is 83.2 cm³/mol. The molecule has 0 aliphatic rings. The van der Waals surface area contributed by atoms with E-state index in [4.69, 9.17) is 16.3 Å². The van der Waals surface area contributed by atoms with Crippen molar-refractivity contribution in [2.45, 2.75) is 19.9 Å². The first-order chi connectivity index (χ1) is 10.1. The molecule has 0 fully saturated rings. The molecule has 4 nitrogen and oxygen atoms in total. The molecule has 0 bridgehead atoms. The predicted octanol–water partition coefficient (Wildman–Crippen LogP) is 4.32. The second-order valence-corrected chi connectivity index (χ2v) is 5.61. The van der Waals surface area contributed by atoms with Crippen LogP contribution < -0.4 is 10.1 Å². The van der Waals surface area contributed by atoms with Gasteiger partial charge in [-0.15, -0.1) is 0 Å². The maximum atomic E-state index is 13.4. The van der Waals surface area contributed by atoms with E-state index in [2.05, 4.69) is 38.1 Å². The molecule has 0 amide bonds. The Balaban J connectivity index is 2.05. The third-order valence-electron chi connectivity index (χ3n) is 2.61. The van der Waals surface area contributed by atoms with E-state index in [1.54, 1.807) is 12.4 Å². The van der Waals surface area contributed by atoms with Crippen LogP contribution in [0.5, 0.6) is 11.8 Å². The Bertz CT molecular complexity index is 610. The number of ether oxygens (including phenoxy) is 1. The summed E-state index contributed by atoms with van der Waals surface area (Å²) in [5.41, 5.74) is 0.956. The van der Waals surface area contributed by atoms with E-state index in [1.165, 1.54) is 12.1 Å². The Hall–Kier alpha value is -1.24. The summed E-state index contributed by atoms with van der Waals surface area (Å²) in [6, 6.07) is 2.76. The number of nitrogens with one attached hydrogen (secondary N) is 1. The van der Waals surface area contributed by atoms with Gasteiger partial charge in [0, 0.05) is 30.6 Å². The van der Waals surface area contributed by atoms with E-state index in [1.807, 2.05) is 0 Å². The molecule has 1 aromatic carbocycles. The standard InChI is InChI=1S/C14H14BrClFN3O/c1-2-3-18-6-9-7-19-14(20-8-9)21-13-5-12(17)11(16)4-10(13)15/h4-5,7-8,18H,2-3,6H2,1H3. The van der Waals surface area contributed by atoms with E-state index >= 15 is 0 Å². The molecule has 2 rings (SSSR count). The zero-order valence-corrected chi connectivity index (χ0v) is 13.7. The zero-order valence-electron chi connectivity index (χ0n) is 11.4. The van der Waals surface area contributed by atoms with Crippen LogP contribution >= 0.6 is 27.5 Å². The van der Waals surface area contributed by atoms with Crippen LogP contribution in [0.2, 0.25) is 5.02 Å². The summed E-state index contributed by atoms with van der Waals surface area (Å²) in [4.78, 5) is 8.19. The fourth-order valence-electron chi connectivity index (χ4n) is 1.58. The highest BCUT2D eigenvalue weighted by Gasteiger charge is 2.10. The van der Waals surface area contributed by atoms with Crippen LogP contribution in [-0.4, -0.2) is 16.5 Å². The summed E-state index contributed by atoms with van der Waals surface area (Å²) in [7, 11) is 0. The van der Waals surface area contributed by atoms with Crippen LogP contribution in [0.25, 0.3) is 0 Å². The lowest BCUT2D eigenvalue weighted by Gasteiger charge is -2.08. The van der Waals surface area contributed by atoms with Crippen LogP contribution in [0.3, 0.4) is 0 Å². The van der Waals surface area contributed by atoms with Gasteiger partial charge in [-0.1, -0.05) is 18.5 Å². The van der Waals surface area contributed by atoms with Crippen LogP contribution in [0.1, 0.15) is 18.9 Å². The molecule has 1 heterocycles. The summed E-state index contributed by atoms with van der Waals surface area (Å²) < 4.78 is 19.4. The first-order valence-corrected chi connectivity index (χ1v) is 7.61. The summed E-state index contributed by atoms with van der Waals surface area (Å²) in [5.74, 6) is -0.288. The number of aromatic nitrogens is 2. The molecule has 7 heteroatoms. The van der Waals surface area contributed by atoms with Crippen molar-refractivity contribution >= 4 is 27.5 Å². The van der Waals surface area contributed by atoms with Crippen molar-refractivity contribution in [3.8, 4) is 11.8 Å². The molecular weight excluding hydrogens is 361 g/mol. The summed E-state index contributed by atoms with van der Waals surface area (Å²) in [6.45, 7) is 3.74. The lowest BCUT2D eigenvalue weighted by atomic mass is 10.3. The first kappa shape index (κ1) is 16.1. The smallest absolute Gasteiger partial charge is 0.321 e. The second kappa shape index (κ2) is 7.68. The van der Waals surface area contributed by atoms with Gasteiger partial charge in [0.15, 0.2) is 0 Å². The van der Waals surface area contributed by atoms with Crippen molar-refractivity contribution in [2.75, 3.05) is 6.54 Å². The van der Waals surface area contributed by atoms with E-state index in [9.17, 15) is 4.39 Å². The van der Waals surface area contributed by atoms with Crippen molar-refractivity contribution in [3.05, 3.63) is 45.4 Å². The molecule has 21 heavy (non-hydrogen) atoms. The third kappa shape index (κ3) is 4.62. The molecule has 2 aromatic rings. The minimum Gasteiger partial charge on any atom is -0.423 e. The fourth-order valence-corrected chi connectivity index (χ4v) is 2.30. The Morgan fingerprint density at radius 2 is 2.05 bits per heavy atom. The summed E-state index contributed by atoms with van der Waals surface area (Å²) in [5, 5.41) is 3.27. The van der Waals surface area contributed by atoms with Crippen molar-refractivity contribution in [3.63, 3.8) is 0 Å². The van der Waals surface area contributed by atoms with Crippen molar-refractivity contribution < 1.29 is 9.13 Å². The molecule has 0 saturated carbocycles. The van der Waals surface area contributed by atoms with Crippen LogP contribution in [-0.2, 0) is 6.54 Å². The van der Waals surface area contributed by atoms with E-state index < -0.39 is 5.82 Å². The van der Waals surface area contributed by atoms with Gasteiger partial charge in [0.1, 0.15) is 11.6 Å². The summed E-state index contributed by atoms with van der Waals surface area (Å²) >= 11 is 8.93. The van der Waals surface area contributed by atoms with Gasteiger partial charge in [0.2, 0.25) is 0 Å². The van der Waals surface area contributed by atoms with Crippen molar-refractivity contribution in [2.24, 2.45) is 0 Å². The number of halogens is 3. The van der Waals surface area contributed by atoms with Gasteiger partial charge in [-0.2, -0.15) is 0 Å². The maximum Gasteiger partial charge on any atom is 0.321 e. The molecule has 0 atom stereocenters. The molecule has 0 radical (unpaired) electrons. The normalized spacial score (nSPS) is 10.7. The van der Waals surface area contributed by atoms with Gasteiger partial charge >= 0.3 is 6.01 Å². The molecule has 112 valence electrons. The minimum atomic E-state index is -0.560. The average Bonchev–Trinajstić information content (AvgIpc) is 2.47. The van der Waals surface area contributed by atoms with Gasteiger partial charge in [-0.25, -0.2) is 14.4 Å². The number of hydrogen-bond acceptors (Lipinski definition) is 4. The topological polar surface area (TPSA) is 47.0 Å². The van der Waals surface area contributed by atoms with E-state index in [0.717, 1.165) is 18.5 Å². The van der Waals surface area contributed by atoms with Gasteiger partial charge < -0.3 is 10.1 Å². The van der Waals surface area contributed by atoms with E-state index in [0.29, 0.717) is 11.0 Å². The number of nitrogens with zero attached hydrogens (tertiary/aromatic N) is 2. The number of rotatable bonds is 6. The van der Waals surface area contributed by atoms with Gasteiger partial charge in [-0.3, -0.25) is 0 Å². The maximum absolute atomic E-state index is 13.4. The van der Waals surface area contributed by atoms with Crippen LogP contribution in [0.15, 0.2) is 29.0 Å². The fraction of sp³-hybridized carbons (Fsp3) is 0.286. The average molecular weight is 375 g/mol. The lowest BCUT2D eigenvalue weighted by Crippen LogP contribution is -2.14. The van der Waals surface area contributed by atoms with Gasteiger partial charge in [-0.05, 0) is 35.0 Å². The lowest BCUT2D eigenvalue weighted by molar-refractivity contribution is 0.434. The Morgan fingerprint density at radius 1 is 1.33 bits per heavy atom. The van der Waals surface area contributed by atoms with Crippen molar-refractivity contribution in [1.29, 1.82) is 0 Å². The Morgan fingerprint density at radius 3 is 2.71 bits per heavy atom. The van der Waals surface area contributed by atoms with Crippen LogP contribution in [0, 0.1) is 5.82 Å². The quantitative estimate of drug-likeness (QED) is 0.604. The molecule has 1 aromatic heterocycles. The molecule has 0 aliphatic carbocycles. The van der Waals surface area contributed by atoms with Gasteiger partial charge in [0.05, 0.1) is 9.50 Å². The highest BCUT2D eigenvalue weighted by Crippen LogP contribution is 2.32. The molecule has 0 saturated heterocycles. The zero-order chi connectivity index (χ0) is 15.2. The minimum absolute atomic E-state index is 0.0208. The monoisotopic (exact) mass is 373 g/mol. The highest BCUT2D eigenvalue weighted by atomic mass is 79.9. The molecule has 0 unspecified atom stereocenters. The van der Waals surface area contributed by atoms with E-state index in [-0.39, 0.29) is 16.8 Å². The summed E-state index contributed by atoms with van der Waals surface area (Å²) in [6.07, 6.45) is 4.41. The number of benzene rings is 1. The Labute approximate surface area is 135 Å². The van der Waals surface area contributed by atoms with Crippen molar-refractivity contribution in [1.82, 2.24) is 15.3 Å². The molecule has 1 N–H and O–H groups in total. The Kier molecular flexibility index (Phi) is 5.90. The SMILES string of the molecule is CCCNCc1cnc(Oc2cc(F)c(Cl)cc2Br)nc1. The van der Waals surface area contributed by atoms with Crippen LogP contribution in [0.4, 0.5) is 4.39 Å². The largest absolute Gasteiger partial charge is 0.423 e. The number of hydrogen-bond donors (Lipinski definition) is 1.